The molecule has 1 saturated carbocycles. The Morgan fingerprint density at radius 2 is 1.78 bits per heavy atom. The van der Waals surface area contributed by atoms with Crippen LogP contribution in [0.3, 0.4) is 0 Å². The molecule has 0 unspecified atom stereocenters. The minimum atomic E-state index is -0.914. The standard InChI is InChI=1S/C13H13NO4/c1-7(15)14-9-4-2-8(3-5-9)12(16)10-6-11(10)13(17)18/h2-5,10-11H,6H2,1H3,(H,14,15)(H,17,18)/t10-,11+/m0/s1. The summed E-state index contributed by atoms with van der Waals surface area (Å²) in [6.45, 7) is 1.40. The number of hydrogen-bond acceptors (Lipinski definition) is 3. The minimum absolute atomic E-state index is 0.142. The first-order valence-corrected chi connectivity index (χ1v) is 5.63. The number of carboxylic acids is 1. The van der Waals surface area contributed by atoms with Gasteiger partial charge in [0.05, 0.1) is 5.92 Å². The summed E-state index contributed by atoms with van der Waals surface area (Å²) >= 11 is 0. The van der Waals surface area contributed by atoms with Gasteiger partial charge in [0.15, 0.2) is 5.78 Å². The molecule has 5 nitrogen and oxygen atoms in total. The van der Waals surface area contributed by atoms with Gasteiger partial charge in [-0.2, -0.15) is 0 Å². The van der Waals surface area contributed by atoms with Crippen molar-refractivity contribution < 1.29 is 19.5 Å². The first kappa shape index (κ1) is 12.3. The Balaban J connectivity index is 2.04. The number of aliphatic carboxylic acids is 1. The Kier molecular flexibility index (Phi) is 3.14. The maximum atomic E-state index is 11.9. The van der Waals surface area contributed by atoms with Gasteiger partial charge in [-0.05, 0) is 30.7 Å². The SMILES string of the molecule is CC(=O)Nc1ccc(C(=O)[C@H]2C[C@H]2C(=O)O)cc1. The third-order valence-electron chi connectivity index (χ3n) is 2.93. The van der Waals surface area contributed by atoms with Crippen LogP contribution >= 0.6 is 0 Å². The van der Waals surface area contributed by atoms with Crippen LogP contribution in [0, 0.1) is 11.8 Å². The van der Waals surface area contributed by atoms with E-state index < -0.39 is 17.8 Å². The molecule has 18 heavy (non-hydrogen) atoms. The van der Waals surface area contributed by atoms with Crippen LogP contribution in [0.1, 0.15) is 23.7 Å². The Labute approximate surface area is 104 Å². The summed E-state index contributed by atoms with van der Waals surface area (Å²) in [5.41, 5.74) is 1.10. The molecule has 0 aromatic heterocycles. The minimum Gasteiger partial charge on any atom is -0.481 e. The second-order valence-corrected chi connectivity index (χ2v) is 4.41. The van der Waals surface area contributed by atoms with Crippen molar-refractivity contribution in [3.63, 3.8) is 0 Å². The second kappa shape index (κ2) is 4.60. The van der Waals surface area contributed by atoms with Crippen molar-refractivity contribution in [1.82, 2.24) is 0 Å². The van der Waals surface area contributed by atoms with Crippen LogP contribution < -0.4 is 5.32 Å². The molecule has 1 fully saturated rings. The number of Topliss-reactive ketones (excluding diaryl/α,β-unsaturated/α-hetero) is 1. The number of carbonyl (C=O) groups is 3. The molecule has 1 aliphatic rings. The van der Waals surface area contributed by atoms with Crippen LogP contribution in [-0.4, -0.2) is 22.8 Å². The van der Waals surface area contributed by atoms with E-state index in [1.807, 2.05) is 0 Å². The summed E-state index contributed by atoms with van der Waals surface area (Å²) in [4.78, 5) is 33.4. The number of hydrogen-bond donors (Lipinski definition) is 2. The van der Waals surface area contributed by atoms with Gasteiger partial charge in [-0.3, -0.25) is 14.4 Å². The molecule has 0 aliphatic heterocycles. The molecular weight excluding hydrogens is 234 g/mol. The molecule has 1 aromatic carbocycles. The fourth-order valence-corrected chi connectivity index (χ4v) is 1.89. The lowest BCUT2D eigenvalue weighted by Gasteiger charge is -2.03. The number of amides is 1. The molecule has 0 bridgehead atoms. The van der Waals surface area contributed by atoms with Gasteiger partial charge in [-0.15, -0.1) is 0 Å². The van der Waals surface area contributed by atoms with Gasteiger partial charge < -0.3 is 10.4 Å². The first-order chi connectivity index (χ1) is 8.49. The zero-order valence-corrected chi connectivity index (χ0v) is 9.84. The van der Waals surface area contributed by atoms with Crippen LogP contribution in [0.4, 0.5) is 5.69 Å². The Hall–Kier alpha value is -2.17. The highest BCUT2D eigenvalue weighted by atomic mass is 16.4. The lowest BCUT2D eigenvalue weighted by atomic mass is 10.1. The molecule has 5 heteroatoms. The van der Waals surface area contributed by atoms with E-state index in [1.54, 1.807) is 24.3 Å². The van der Waals surface area contributed by atoms with Crippen LogP contribution in [0.15, 0.2) is 24.3 Å². The molecule has 0 radical (unpaired) electrons. The number of anilines is 1. The zero-order valence-electron chi connectivity index (χ0n) is 9.84. The van der Waals surface area contributed by atoms with Crippen molar-refractivity contribution in [3.05, 3.63) is 29.8 Å². The highest BCUT2D eigenvalue weighted by Gasteiger charge is 2.48. The van der Waals surface area contributed by atoms with Crippen LogP contribution in [0.25, 0.3) is 0 Å². The average Bonchev–Trinajstić information content (AvgIpc) is 3.08. The monoisotopic (exact) mass is 247 g/mol. The molecule has 94 valence electrons. The van der Waals surface area contributed by atoms with E-state index in [4.69, 9.17) is 5.11 Å². The third-order valence-corrected chi connectivity index (χ3v) is 2.93. The molecular formula is C13H13NO4. The highest BCUT2D eigenvalue weighted by molar-refractivity contribution is 6.03. The van der Waals surface area contributed by atoms with E-state index in [9.17, 15) is 14.4 Å². The number of carbonyl (C=O) groups excluding carboxylic acids is 2. The van der Waals surface area contributed by atoms with E-state index in [2.05, 4.69) is 5.32 Å². The van der Waals surface area contributed by atoms with Gasteiger partial charge in [0.25, 0.3) is 0 Å². The van der Waals surface area contributed by atoms with Crippen molar-refractivity contribution in [3.8, 4) is 0 Å². The summed E-state index contributed by atoms with van der Waals surface area (Å²) < 4.78 is 0. The lowest BCUT2D eigenvalue weighted by Crippen LogP contribution is -2.09. The summed E-state index contributed by atoms with van der Waals surface area (Å²) in [5.74, 6) is -2.16. The van der Waals surface area contributed by atoms with Gasteiger partial charge in [0.1, 0.15) is 0 Å². The van der Waals surface area contributed by atoms with Crippen LogP contribution in [0.2, 0.25) is 0 Å². The van der Waals surface area contributed by atoms with Crippen molar-refractivity contribution in [2.75, 3.05) is 5.32 Å². The Morgan fingerprint density at radius 3 is 2.22 bits per heavy atom. The highest BCUT2D eigenvalue weighted by Crippen LogP contribution is 2.41. The van der Waals surface area contributed by atoms with Crippen molar-refractivity contribution >= 4 is 23.3 Å². The molecule has 2 atom stereocenters. The van der Waals surface area contributed by atoms with Crippen molar-refractivity contribution in [2.45, 2.75) is 13.3 Å². The van der Waals surface area contributed by atoms with E-state index in [0.717, 1.165) is 0 Å². The number of nitrogens with one attached hydrogen (secondary N) is 1. The molecule has 2 rings (SSSR count). The normalized spacial score (nSPS) is 21.2. The molecule has 1 aromatic rings. The first-order valence-electron chi connectivity index (χ1n) is 5.63. The van der Waals surface area contributed by atoms with Gasteiger partial charge in [-0.1, -0.05) is 0 Å². The molecule has 1 amide bonds. The zero-order chi connectivity index (χ0) is 13.3. The molecule has 0 heterocycles. The topological polar surface area (TPSA) is 83.5 Å². The molecule has 2 N–H and O–H groups in total. The predicted octanol–water partition coefficient (Wildman–Crippen LogP) is 1.55. The molecule has 0 saturated heterocycles. The smallest absolute Gasteiger partial charge is 0.307 e. The van der Waals surface area contributed by atoms with Crippen molar-refractivity contribution in [1.29, 1.82) is 0 Å². The van der Waals surface area contributed by atoms with Gasteiger partial charge >= 0.3 is 5.97 Å². The van der Waals surface area contributed by atoms with E-state index in [0.29, 0.717) is 17.7 Å². The van der Waals surface area contributed by atoms with Crippen LogP contribution in [0.5, 0.6) is 0 Å². The van der Waals surface area contributed by atoms with E-state index in [-0.39, 0.29) is 11.7 Å². The summed E-state index contributed by atoms with van der Waals surface area (Å²) in [6.07, 6.45) is 0.418. The second-order valence-electron chi connectivity index (χ2n) is 4.41. The fourth-order valence-electron chi connectivity index (χ4n) is 1.89. The maximum Gasteiger partial charge on any atom is 0.307 e. The van der Waals surface area contributed by atoms with Gasteiger partial charge in [0, 0.05) is 24.1 Å². The quantitative estimate of drug-likeness (QED) is 0.790. The Morgan fingerprint density at radius 1 is 1.17 bits per heavy atom. The van der Waals surface area contributed by atoms with Gasteiger partial charge in [0.2, 0.25) is 5.91 Å². The summed E-state index contributed by atoms with van der Waals surface area (Å²) in [7, 11) is 0. The molecule has 1 aliphatic carbocycles. The van der Waals surface area contributed by atoms with E-state index in [1.165, 1.54) is 6.92 Å². The Bertz CT molecular complexity index is 506. The third kappa shape index (κ3) is 2.56. The number of carboxylic acid groups (broad SMARTS) is 1. The largest absolute Gasteiger partial charge is 0.481 e. The van der Waals surface area contributed by atoms with Crippen molar-refractivity contribution in [2.24, 2.45) is 11.8 Å². The fraction of sp³-hybridized carbons (Fsp3) is 0.308. The van der Waals surface area contributed by atoms with E-state index >= 15 is 0 Å². The number of benzene rings is 1. The number of rotatable bonds is 4. The summed E-state index contributed by atoms with van der Waals surface area (Å²) in [6, 6.07) is 6.47. The van der Waals surface area contributed by atoms with Gasteiger partial charge in [-0.25, -0.2) is 0 Å². The predicted molar refractivity (Wildman–Crippen MR) is 64.3 cm³/mol. The molecule has 0 spiro atoms. The summed E-state index contributed by atoms with van der Waals surface area (Å²) in [5, 5.41) is 11.4. The lowest BCUT2D eigenvalue weighted by molar-refractivity contribution is -0.138. The maximum absolute atomic E-state index is 11.9. The van der Waals surface area contributed by atoms with Crippen LogP contribution in [-0.2, 0) is 9.59 Å². The number of ketones is 1. The average molecular weight is 247 g/mol.